The molecule has 1 N–H and O–H groups in total. The van der Waals surface area contributed by atoms with Crippen LogP contribution in [0.5, 0.6) is 5.75 Å². The van der Waals surface area contributed by atoms with Crippen LogP contribution >= 0.6 is 0 Å². The van der Waals surface area contributed by atoms with Gasteiger partial charge in [-0.3, -0.25) is 4.98 Å². The highest BCUT2D eigenvalue weighted by atomic mass is 16.5. The standard InChI is InChI=1S/C31H24N2O/c1-34-25-17-15-23(16-18-25)30-29(22-11-6-3-7-12-22)31-26(20-32-30)28-24(13-8-14-27(28)33-31)19-21-9-4-2-5-10-21/h2-18,20,33H,19H2,1H3. The molecule has 2 aromatic heterocycles. The van der Waals surface area contributed by atoms with Gasteiger partial charge in [0.1, 0.15) is 5.75 Å². The van der Waals surface area contributed by atoms with Crippen LogP contribution in [-0.4, -0.2) is 17.1 Å². The van der Waals surface area contributed by atoms with Crippen LogP contribution in [0.25, 0.3) is 44.2 Å². The van der Waals surface area contributed by atoms with Gasteiger partial charge in [0.15, 0.2) is 0 Å². The van der Waals surface area contributed by atoms with Crippen LogP contribution < -0.4 is 4.74 Å². The Balaban J connectivity index is 1.62. The molecule has 2 heterocycles. The lowest BCUT2D eigenvalue weighted by Crippen LogP contribution is -1.92. The highest BCUT2D eigenvalue weighted by Crippen LogP contribution is 2.40. The van der Waals surface area contributed by atoms with Gasteiger partial charge >= 0.3 is 0 Å². The summed E-state index contributed by atoms with van der Waals surface area (Å²) in [5.74, 6) is 0.835. The van der Waals surface area contributed by atoms with E-state index in [-0.39, 0.29) is 0 Å². The van der Waals surface area contributed by atoms with Gasteiger partial charge in [0.25, 0.3) is 0 Å². The Hall–Kier alpha value is -4.37. The monoisotopic (exact) mass is 440 g/mol. The SMILES string of the molecule is COc1ccc(-c2ncc3c([nH]c4cccc(Cc5ccccc5)c43)c2-c2ccccc2)cc1. The third kappa shape index (κ3) is 3.52. The highest BCUT2D eigenvalue weighted by molar-refractivity contribution is 6.14. The molecule has 0 aliphatic carbocycles. The summed E-state index contributed by atoms with van der Waals surface area (Å²) in [7, 11) is 1.69. The van der Waals surface area contributed by atoms with Crippen molar-refractivity contribution in [3.63, 3.8) is 0 Å². The summed E-state index contributed by atoms with van der Waals surface area (Å²) < 4.78 is 5.37. The summed E-state index contributed by atoms with van der Waals surface area (Å²) in [5.41, 5.74) is 9.12. The lowest BCUT2D eigenvalue weighted by Gasteiger charge is -2.12. The fourth-order valence-electron chi connectivity index (χ4n) is 4.80. The molecule has 0 saturated heterocycles. The van der Waals surface area contributed by atoms with Crippen molar-refractivity contribution in [2.24, 2.45) is 0 Å². The van der Waals surface area contributed by atoms with E-state index in [1.165, 1.54) is 16.5 Å². The number of hydrogen-bond donors (Lipinski definition) is 1. The lowest BCUT2D eigenvalue weighted by molar-refractivity contribution is 0.415. The average molecular weight is 441 g/mol. The van der Waals surface area contributed by atoms with Gasteiger partial charge in [0.2, 0.25) is 0 Å². The van der Waals surface area contributed by atoms with Crippen molar-refractivity contribution in [2.45, 2.75) is 6.42 Å². The highest BCUT2D eigenvalue weighted by Gasteiger charge is 2.18. The van der Waals surface area contributed by atoms with Crippen molar-refractivity contribution in [1.29, 1.82) is 0 Å². The number of hydrogen-bond acceptors (Lipinski definition) is 2. The summed E-state index contributed by atoms with van der Waals surface area (Å²) in [6, 6.07) is 35.8. The normalized spacial score (nSPS) is 11.2. The van der Waals surface area contributed by atoms with E-state index in [4.69, 9.17) is 9.72 Å². The summed E-state index contributed by atoms with van der Waals surface area (Å²) in [4.78, 5) is 8.76. The number of benzene rings is 4. The van der Waals surface area contributed by atoms with Crippen LogP contribution in [0, 0.1) is 0 Å². The molecule has 0 spiro atoms. The number of aromatic amines is 1. The number of aromatic nitrogens is 2. The molecular weight excluding hydrogens is 416 g/mol. The maximum absolute atomic E-state index is 5.37. The maximum atomic E-state index is 5.37. The van der Waals surface area contributed by atoms with Crippen LogP contribution in [0.2, 0.25) is 0 Å². The molecular formula is C31H24N2O. The first-order valence-electron chi connectivity index (χ1n) is 11.5. The minimum Gasteiger partial charge on any atom is -0.497 e. The Kier molecular flexibility index (Phi) is 5.08. The van der Waals surface area contributed by atoms with Crippen molar-refractivity contribution >= 4 is 21.8 Å². The molecule has 3 heteroatoms. The Morgan fingerprint density at radius 3 is 2.21 bits per heavy atom. The first kappa shape index (κ1) is 20.3. The van der Waals surface area contributed by atoms with E-state index in [9.17, 15) is 0 Å². The van der Waals surface area contributed by atoms with E-state index in [0.717, 1.165) is 51.0 Å². The zero-order valence-corrected chi connectivity index (χ0v) is 19.0. The van der Waals surface area contributed by atoms with Crippen LogP contribution in [0.4, 0.5) is 0 Å². The topological polar surface area (TPSA) is 37.9 Å². The largest absolute Gasteiger partial charge is 0.497 e. The maximum Gasteiger partial charge on any atom is 0.118 e. The Morgan fingerprint density at radius 1 is 0.735 bits per heavy atom. The minimum atomic E-state index is 0.835. The van der Waals surface area contributed by atoms with Gasteiger partial charge in [-0.05, 0) is 53.4 Å². The van der Waals surface area contributed by atoms with Crippen LogP contribution in [-0.2, 0) is 6.42 Å². The van der Waals surface area contributed by atoms with E-state index in [1.807, 2.05) is 24.4 Å². The van der Waals surface area contributed by atoms with Crippen LogP contribution in [0.1, 0.15) is 11.1 Å². The third-order valence-electron chi connectivity index (χ3n) is 6.42. The minimum absolute atomic E-state index is 0.835. The molecule has 4 aromatic carbocycles. The first-order chi connectivity index (χ1) is 16.8. The molecule has 3 nitrogen and oxygen atoms in total. The van der Waals surface area contributed by atoms with E-state index >= 15 is 0 Å². The summed E-state index contributed by atoms with van der Waals surface area (Å²) in [6.07, 6.45) is 2.90. The second-order valence-electron chi connectivity index (χ2n) is 8.49. The van der Waals surface area contributed by atoms with Gasteiger partial charge in [-0.2, -0.15) is 0 Å². The summed E-state index contributed by atoms with van der Waals surface area (Å²) in [6.45, 7) is 0. The summed E-state index contributed by atoms with van der Waals surface area (Å²) >= 11 is 0. The smallest absolute Gasteiger partial charge is 0.118 e. The van der Waals surface area contributed by atoms with Gasteiger partial charge in [0, 0.05) is 33.6 Å². The molecule has 34 heavy (non-hydrogen) atoms. The molecule has 0 bridgehead atoms. The van der Waals surface area contributed by atoms with Gasteiger partial charge in [-0.15, -0.1) is 0 Å². The molecule has 0 radical (unpaired) electrons. The van der Waals surface area contributed by atoms with Crippen molar-refractivity contribution in [1.82, 2.24) is 9.97 Å². The first-order valence-corrected chi connectivity index (χ1v) is 11.5. The number of nitrogens with zero attached hydrogens (tertiary/aromatic N) is 1. The second-order valence-corrected chi connectivity index (χ2v) is 8.49. The number of pyridine rings is 1. The quantitative estimate of drug-likeness (QED) is 0.299. The van der Waals surface area contributed by atoms with Gasteiger partial charge in [0.05, 0.1) is 18.3 Å². The molecule has 6 aromatic rings. The average Bonchev–Trinajstić information content (AvgIpc) is 3.29. The van der Waals surface area contributed by atoms with Crippen LogP contribution in [0.3, 0.4) is 0 Å². The molecule has 0 saturated carbocycles. The molecule has 0 atom stereocenters. The number of nitrogens with one attached hydrogen (secondary N) is 1. The van der Waals surface area contributed by atoms with Gasteiger partial charge < -0.3 is 9.72 Å². The van der Waals surface area contributed by atoms with Crippen molar-refractivity contribution in [2.75, 3.05) is 7.11 Å². The van der Waals surface area contributed by atoms with Crippen LogP contribution in [0.15, 0.2) is 109 Å². The predicted octanol–water partition coefficient (Wildman–Crippen LogP) is 7.65. The van der Waals surface area contributed by atoms with Crippen molar-refractivity contribution in [3.05, 3.63) is 120 Å². The molecule has 0 aliphatic heterocycles. The Morgan fingerprint density at radius 2 is 1.47 bits per heavy atom. The summed E-state index contributed by atoms with van der Waals surface area (Å²) in [5, 5.41) is 2.39. The molecule has 164 valence electrons. The zero-order chi connectivity index (χ0) is 22.9. The number of fused-ring (bicyclic) bond motifs is 3. The van der Waals surface area contributed by atoms with E-state index in [1.54, 1.807) is 7.11 Å². The lowest BCUT2D eigenvalue weighted by atomic mass is 9.95. The van der Waals surface area contributed by atoms with Gasteiger partial charge in [-0.1, -0.05) is 72.8 Å². The predicted molar refractivity (Wildman–Crippen MR) is 140 cm³/mol. The number of ether oxygens (including phenoxy) is 1. The second kappa shape index (κ2) is 8.53. The Bertz CT molecular complexity index is 1580. The fourth-order valence-corrected chi connectivity index (χ4v) is 4.80. The number of methoxy groups -OCH3 is 1. The Labute approximate surface area is 198 Å². The van der Waals surface area contributed by atoms with Crippen molar-refractivity contribution < 1.29 is 4.74 Å². The molecule has 0 fully saturated rings. The zero-order valence-electron chi connectivity index (χ0n) is 19.0. The number of H-pyrrole nitrogens is 1. The molecule has 0 amide bonds. The van der Waals surface area contributed by atoms with E-state index in [0.29, 0.717) is 0 Å². The van der Waals surface area contributed by atoms with Gasteiger partial charge in [-0.25, -0.2) is 0 Å². The molecule has 0 unspecified atom stereocenters. The number of rotatable bonds is 5. The van der Waals surface area contributed by atoms with E-state index < -0.39 is 0 Å². The van der Waals surface area contributed by atoms with Crippen molar-refractivity contribution in [3.8, 4) is 28.1 Å². The third-order valence-corrected chi connectivity index (χ3v) is 6.42. The van der Waals surface area contributed by atoms with E-state index in [2.05, 4.69) is 89.9 Å². The molecule has 0 aliphatic rings. The fraction of sp³-hybridized carbons (Fsp3) is 0.0645. The molecule has 6 rings (SSSR count).